The fraction of sp³-hybridized carbons (Fsp3) is 0.636. The van der Waals surface area contributed by atoms with E-state index >= 15 is 0 Å². The minimum absolute atomic E-state index is 0.236. The van der Waals surface area contributed by atoms with E-state index in [1.54, 1.807) is 11.8 Å². The van der Waals surface area contributed by atoms with Crippen LogP contribution < -0.4 is 0 Å². The topological polar surface area (TPSA) is 52.6 Å². The van der Waals surface area contributed by atoms with Crippen molar-refractivity contribution >= 4 is 23.7 Å². The summed E-state index contributed by atoms with van der Waals surface area (Å²) in [5.74, 6) is -0.588. The van der Waals surface area contributed by atoms with Crippen LogP contribution in [0, 0.1) is 11.8 Å². The molecule has 0 N–H and O–H groups in total. The molecule has 0 spiro atoms. The molecule has 0 amide bonds. The molecule has 27 heavy (non-hydrogen) atoms. The van der Waals surface area contributed by atoms with Gasteiger partial charge in [-0.2, -0.15) is 11.8 Å². The fourth-order valence-corrected chi connectivity index (χ4v) is 4.50. The lowest BCUT2D eigenvalue weighted by atomic mass is 9.95. The van der Waals surface area contributed by atoms with Crippen molar-refractivity contribution in [2.45, 2.75) is 76.6 Å². The minimum atomic E-state index is -0.565. The van der Waals surface area contributed by atoms with E-state index in [0.717, 1.165) is 5.75 Å². The van der Waals surface area contributed by atoms with Crippen LogP contribution in [0.25, 0.3) is 0 Å². The Kier molecular flexibility index (Phi) is 7.01. The summed E-state index contributed by atoms with van der Waals surface area (Å²) in [7, 11) is 0. The summed E-state index contributed by atoms with van der Waals surface area (Å²) in [4.78, 5) is 25.4. The molecular weight excluding hydrogens is 360 g/mol. The highest BCUT2D eigenvalue weighted by Gasteiger charge is 2.46. The molecule has 1 aromatic rings. The zero-order chi connectivity index (χ0) is 20.2. The maximum absolute atomic E-state index is 12.7. The number of hydrogen-bond donors (Lipinski definition) is 0. The molecule has 0 heterocycles. The molecule has 1 aliphatic rings. The van der Waals surface area contributed by atoms with Gasteiger partial charge in [0.25, 0.3) is 0 Å². The van der Waals surface area contributed by atoms with E-state index < -0.39 is 23.0 Å². The van der Waals surface area contributed by atoms with Crippen molar-refractivity contribution in [3.8, 4) is 0 Å². The summed E-state index contributed by atoms with van der Waals surface area (Å²) in [6.45, 7) is 11.1. The molecule has 2 unspecified atom stereocenters. The monoisotopic (exact) mass is 392 g/mol. The summed E-state index contributed by atoms with van der Waals surface area (Å²) < 4.78 is 11.2. The third-order valence-electron chi connectivity index (χ3n) is 4.27. The molecule has 3 atom stereocenters. The molecule has 0 aliphatic heterocycles. The van der Waals surface area contributed by atoms with Crippen molar-refractivity contribution in [1.29, 1.82) is 0 Å². The van der Waals surface area contributed by atoms with Gasteiger partial charge < -0.3 is 9.47 Å². The van der Waals surface area contributed by atoms with Crippen molar-refractivity contribution in [3.05, 3.63) is 35.9 Å². The van der Waals surface area contributed by atoms with Crippen molar-refractivity contribution in [3.63, 3.8) is 0 Å². The quantitative estimate of drug-likeness (QED) is 0.660. The largest absolute Gasteiger partial charge is 0.460 e. The zero-order valence-corrected chi connectivity index (χ0v) is 18.1. The second kappa shape index (κ2) is 8.68. The van der Waals surface area contributed by atoms with Crippen LogP contribution in [-0.4, -0.2) is 28.4 Å². The van der Waals surface area contributed by atoms with Gasteiger partial charge >= 0.3 is 11.9 Å². The Balaban J connectivity index is 2.07. The number of hydrogen-bond acceptors (Lipinski definition) is 5. The summed E-state index contributed by atoms with van der Waals surface area (Å²) in [6.07, 6.45) is 1.30. The van der Waals surface area contributed by atoms with Gasteiger partial charge in [0.15, 0.2) is 0 Å². The Bertz CT molecular complexity index is 607. The van der Waals surface area contributed by atoms with Crippen molar-refractivity contribution in [1.82, 2.24) is 0 Å². The summed E-state index contributed by atoms with van der Waals surface area (Å²) >= 11 is 1.80. The van der Waals surface area contributed by atoms with Gasteiger partial charge in [0.1, 0.15) is 11.2 Å². The Hall–Kier alpha value is -1.49. The normalized spacial score (nSPS) is 23.1. The van der Waals surface area contributed by atoms with E-state index in [2.05, 4.69) is 12.1 Å². The second-order valence-corrected chi connectivity index (χ2v) is 10.5. The summed E-state index contributed by atoms with van der Waals surface area (Å²) in [5, 5.41) is 0.236. The van der Waals surface area contributed by atoms with Crippen LogP contribution in [-0.2, 0) is 24.8 Å². The molecule has 0 aromatic heterocycles. The van der Waals surface area contributed by atoms with E-state index in [9.17, 15) is 9.59 Å². The average Bonchev–Trinajstić information content (AvgIpc) is 2.95. The number of carbonyl (C=O) groups is 2. The fourth-order valence-electron chi connectivity index (χ4n) is 3.19. The standard InChI is InChI=1S/C22H32O4S/c1-21(2,3)25-19(23)17-12-16(27-14-15-10-8-7-9-11-15)13-18(17)20(24)26-22(4,5)6/h7-11,16-18H,12-14H2,1-6H3/t16?,17-,18?/m1/s1. The van der Waals surface area contributed by atoms with Crippen molar-refractivity contribution < 1.29 is 19.1 Å². The van der Waals surface area contributed by atoms with Crippen LogP contribution in [0.1, 0.15) is 59.9 Å². The van der Waals surface area contributed by atoms with E-state index in [0.29, 0.717) is 12.8 Å². The van der Waals surface area contributed by atoms with Gasteiger partial charge in [-0.1, -0.05) is 30.3 Å². The van der Waals surface area contributed by atoms with Crippen LogP contribution in [0.2, 0.25) is 0 Å². The zero-order valence-electron chi connectivity index (χ0n) is 17.3. The van der Waals surface area contributed by atoms with Gasteiger partial charge in [0, 0.05) is 11.0 Å². The highest BCUT2D eigenvalue weighted by molar-refractivity contribution is 7.99. The highest BCUT2D eigenvalue weighted by Crippen LogP contribution is 2.42. The van der Waals surface area contributed by atoms with Gasteiger partial charge in [-0.3, -0.25) is 9.59 Å². The maximum atomic E-state index is 12.7. The van der Waals surface area contributed by atoms with Crippen LogP contribution in [0.5, 0.6) is 0 Å². The van der Waals surface area contributed by atoms with Gasteiger partial charge in [-0.25, -0.2) is 0 Å². The van der Waals surface area contributed by atoms with Crippen LogP contribution >= 0.6 is 11.8 Å². The van der Waals surface area contributed by atoms with Gasteiger partial charge in [0.2, 0.25) is 0 Å². The number of benzene rings is 1. The van der Waals surface area contributed by atoms with E-state index in [1.165, 1.54) is 5.56 Å². The first-order valence-electron chi connectivity index (χ1n) is 9.56. The third kappa shape index (κ3) is 7.21. The molecule has 0 bridgehead atoms. The average molecular weight is 393 g/mol. The number of thioether (sulfide) groups is 1. The molecule has 1 fully saturated rings. The Morgan fingerprint density at radius 3 is 1.74 bits per heavy atom. The summed E-state index contributed by atoms with van der Waals surface area (Å²) in [5.41, 5.74) is 0.118. The first-order valence-corrected chi connectivity index (χ1v) is 10.6. The van der Waals surface area contributed by atoms with Crippen LogP contribution in [0.3, 0.4) is 0 Å². The Labute approximate surface area is 167 Å². The molecule has 1 aromatic carbocycles. The first-order chi connectivity index (χ1) is 12.4. The lowest BCUT2D eigenvalue weighted by Gasteiger charge is -2.26. The lowest BCUT2D eigenvalue weighted by molar-refractivity contribution is -0.171. The summed E-state index contributed by atoms with van der Waals surface area (Å²) in [6, 6.07) is 10.2. The Morgan fingerprint density at radius 2 is 1.33 bits per heavy atom. The van der Waals surface area contributed by atoms with Crippen LogP contribution in [0.15, 0.2) is 30.3 Å². The molecule has 2 rings (SSSR count). The molecule has 1 aliphatic carbocycles. The Morgan fingerprint density at radius 1 is 0.889 bits per heavy atom. The predicted octanol–water partition coefficient (Wildman–Crippen LogP) is 5.00. The molecule has 1 saturated carbocycles. The lowest BCUT2D eigenvalue weighted by Crippen LogP contribution is -2.36. The van der Waals surface area contributed by atoms with Gasteiger partial charge in [0.05, 0.1) is 11.8 Å². The number of rotatable bonds is 5. The predicted molar refractivity (Wildman–Crippen MR) is 109 cm³/mol. The molecule has 0 saturated heterocycles. The molecule has 4 nitrogen and oxygen atoms in total. The molecule has 0 radical (unpaired) electrons. The van der Waals surface area contributed by atoms with Crippen molar-refractivity contribution in [2.24, 2.45) is 11.8 Å². The molecular formula is C22H32O4S. The van der Waals surface area contributed by atoms with Gasteiger partial charge in [-0.05, 0) is 59.9 Å². The minimum Gasteiger partial charge on any atom is -0.460 e. The smallest absolute Gasteiger partial charge is 0.310 e. The van der Waals surface area contributed by atoms with Crippen LogP contribution in [0.4, 0.5) is 0 Å². The SMILES string of the molecule is CC(C)(C)OC(=O)C1CC(SCc2ccccc2)C[C@H]1C(=O)OC(C)(C)C. The van der Waals surface area contributed by atoms with Gasteiger partial charge in [-0.15, -0.1) is 0 Å². The highest BCUT2D eigenvalue weighted by atomic mass is 32.2. The van der Waals surface area contributed by atoms with E-state index in [-0.39, 0.29) is 17.2 Å². The second-order valence-electron chi connectivity index (χ2n) is 9.17. The first kappa shape index (κ1) is 21.8. The van der Waals surface area contributed by atoms with E-state index in [1.807, 2.05) is 59.7 Å². The number of esters is 2. The van der Waals surface area contributed by atoms with E-state index in [4.69, 9.17) is 9.47 Å². The number of ether oxygens (including phenoxy) is 2. The third-order valence-corrected chi connectivity index (χ3v) is 5.62. The van der Waals surface area contributed by atoms with Crippen molar-refractivity contribution in [2.75, 3.05) is 0 Å². The maximum Gasteiger partial charge on any atom is 0.310 e. The molecule has 5 heteroatoms. The number of carbonyl (C=O) groups excluding carboxylic acids is 2. The molecule has 150 valence electrons.